The lowest BCUT2D eigenvalue weighted by molar-refractivity contribution is 0.298. The van der Waals surface area contributed by atoms with E-state index in [2.05, 4.69) is 62.1 Å². The maximum Gasteiger partial charge on any atom is 0.0207 e. The van der Waals surface area contributed by atoms with Crippen molar-refractivity contribution in [1.82, 2.24) is 5.32 Å². The molecule has 0 spiro atoms. The van der Waals surface area contributed by atoms with Gasteiger partial charge in [-0.1, -0.05) is 44.5 Å². The Morgan fingerprint density at radius 2 is 2.00 bits per heavy atom. The highest BCUT2D eigenvalue weighted by Gasteiger charge is 2.29. The van der Waals surface area contributed by atoms with Crippen LogP contribution >= 0.6 is 11.8 Å². The van der Waals surface area contributed by atoms with Crippen molar-refractivity contribution in [2.75, 3.05) is 6.54 Å². The lowest BCUT2D eigenvalue weighted by Crippen LogP contribution is -2.42. The minimum atomic E-state index is 0.719. The van der Waals surface area contributed by atoms with E-state index >= 15 is 0 Å². The molecular weight excluding hydrogens is 262 g/mol. The molecule has 3 atom stereocenters. The first kappa shape index (κ1) is 15.9. The summed E-state index contributed by atoms with van der Waals surface area (Å²) in [5.74, 6) is 2.11. The average Bonchev–Trinajstić information content (AvgIpc) is 2.48. The van der Waals surface area contributed by atoms with Crippen LogP contribution in [0.1, 0.15) is 50.7 Å². The molecule has 0 saturated heterocycles. The zero-order valence-corrected chi connectivity index (χ0v) is 14.0. The summed E-state index contributed by atoms with van der Waals surface area (Å²) < 4.78 is 0. The molecule has 1 aliphatic carbocycles. The predicted molar refractivity (Wildman–Crippen MR) is 91.4 cm³/mol. The van der Waals surface area contributed by atoms with Crippen LogP contribution in [0.4, 0.5) is 0 Å². The Hall–Kier alpha value is -0.470. The highest BCUT2D eigenvalue weighted by atomic mass is 32.2. The SMILES string of the molecule is CCNC1CCC(CC)CC1SCc1ccccc1C. The molecule has 3 unspecified atom stereocenters. The summed E-state index contributed by atoms with van der Waals surface area (Å²) in [6, 6.07) is 9.54. The average molecular weight is 292 g/mol. The van der Waals surface area contributed by atoms with E-state index in [-0.39, 0.29) is 0 Å². The maximum atomic E-state index is 3.71. The van der Waals surface area contributed by atoms with E-state index in [0.29, 0.717) is 0 Å². The van der Waals surface area contributed by atoms with Gasteiger partial charge in [0.2, 0.25) is 0 Å². The smallest absolute Gasteiger partial charge is 0.0207 e. The van der Waals surface area contributed by atoms with Gasteiger partial charge in [0.15, 0.2) is 0 Å². The zero-order chi connectivity index (χ0) is 14.4. The van der Waals surface area contributed by atoms with Crippen LogP contribution in [0.25, 0.3) is 0 Å². The first-order chi connectivity index (χ1) is 9.74. The first-order valence-corrected chi connectivity index (χ1v) is 9.19. The van der Waals surface area contributed by atoms with Crippen LogP contribution in [0, 0.1) is 12.8 Å². The van der Waals surface area contributed by atoms with Crippen molar-refractivity contribution in [3.8, 4) is 0 Å². The van der Waals surface area contributed by atoms with E-state index in [1.165, 1.54) is 36.8 Å². The van der Waals surface area contributed by atoms with E-state index in [9.17, 15) is 0 Å². The van der Waals surface area contributed by atoms with Crippen molar-refractivity contribution in [3.63, 3.8) is 0 Å². The van der Waals surface area contributed by atoms with Gasteiger partial charge in [0, 0.05) is 17.0 Å². The Morgan fingerprint density at radius 3 is 2.70 bits per heavy atom. The van der Waals surface area contributed by atoms with Crippen molar-refractivity contribution in [1.29, 1.82) is 0 Å². The van der Waals surface area contributed by atoms with Gasteiger partial charge in [-0.3, -0.25) is 0 Å². The van der Waals surface area contributed by atoms with Gasteiger partial charge in [-0.2, -0.15) is 11.8 Å². The molecule has 1 aromatic rings. The first-order valence-electron chi connectivity index (χ1n) is 8.14. The summed E-state index contributed by atoms with van der Waals surface area (Å²) in [4.78, 5) is 0. The minimum absolute atomic E-state index is 0.719. The van der Waals surface area contributed by atoms with Crippen LogP contribution in [-0.2, 0) is 5.75 Å². The van der Waals surface area contributed by atoms with Gasteiger partial charge in [0.1, 0.15) is 0 Å². The van der Waals surface area contributed by atoms with Gasteiger partial charge in [0.25, 0.3) is 0 Å². The Balaban J connectivity index is 1.95. The second-order valence-electron chi connectivity index (χ2n) is 6.03. The van der Waals surface area contributed by atoms with E-state index in [4.69, 9.17) is 0 Å². The third-order valence-corrected chi connectivity index (χ3v) is 6.08. The standard InChI is InChI=1S/C18H29NS/c1-4-15-10-11-17(19-5-2)18(12-15)20-13-16-9-7-6-8-14(16)3/h6-9,15,17-19H,4-5,10-13H2,1-3H3. The lowest BCUT2D eigenvalue weighted by Gasteiger charge is -2.36. The molecule has 1 nitrogen and oxygen atoms in total. The monoisotopic (exact) mass is 291 g/mol. The number of nitrogens with one attached hydrogen (secondary N) is 1. The number of rotatable bonds is 6. The molecule has 2 rings (SSSR count). The van der Waals surface area contributed by atoms with E-state index in [1.807, 2.05) is 0 Å². The fourth-order valence-electron chi connectivity index (χ4n) is 3.23. The Bertz CT molecular complexity index is 404. The maximum absolute atomic E-state index is 3.71. The molecule has 0 heterocycles. The summed E-state index contributed by atoms with van der Waals surface area (Å²) in [5.41, 5.74) is 2.94. The molecule has 0 aromatic heterocycles. The van der Waals surface area contributed by atoms with Gasteiger partial charge in [-0.25, -0.2) is 0 Å². The van der Waals surface area contributed by atoms with Crippen LogP contribution in [-0.4, -0.2) is 17.8 Å². The number of hydrogen-bond acceptors (Lipinski definition) is 2. The quantitative estimate of drug-likeness (QED) is 0.809. The van der Waals surface area contributed by atoms with Crippen LogP contribution in [0.3, 0.4) is 0 Å². The second kappa shape index (κ2) is 8.09. The van der Waals surface area contributed by atoms with Crippen molar-refractivity contribution in [3.05, 3.63) is 35.4 Å². The molecule has 1 N–H and O–H groups in total. The van der Waals surface area contributed by atoms with Gasteiger partial charge >= 0.3 is 0 Å². The van der Waals surface area contributed by atoms with E-state index in [0.717, 1.165) is 29.5 Å². The molecule has 1 aromatic carbocycles. The molecule has 112 valence electrons. The summed E-state index contributed by atoms with van der Waals surface area (Å²) in [6.07, 6.45) is 5.51. The number of benzene rings is 1. The van der Waals surface area contributed by atoms with Crippen LogP contribution in [0.2, 0.25) is 0 Å². The Morgan fingerprint density at radius 1 is 1.20 bits per heavy atom. The second-order valence-corrected chi connectivity index (χ2v) is 7.25. The van der Waals surface area contributed by atoms with Crippen molar-refractivity contribution in [2.24, 2.45) is 5.92 Å². The Labute approximate surface area is 128 Å². The molecule has 2 heteroatoms. The third kappa shape index (κ3) is 4.26. The van der Waals surface area contributed by atoms with Crippen LogP contribution < -0.4 is 5.32 Å². The van der Waals surface area contributed by atoms with Crippen LogP contribution in [0.5, 0.6) is 0 Å². The molecule has 0 amide bonds. The van der Waals surface area contributed by atoms with Crippen molar-refractivity contribution >= 4 is 11.8 Å². The normalized spacial score (nSPS) is 26.6. The predicted octanol–water partition coefficient (Wildman–Crippen LogP) is 4.79. The number of thioether (sulfide) groups is 1. The van der Waals surface area contributed by atoms with Crippen molar-refractivity contribution in [2.45, 2.75) is 63.5 Å². The summed E-state index contributed by atoms with van der Waals surface area (Å²) in [5, 5.41) is 4.49. The van der Waals surface area contributed by atoms with Crippen LogP contribution in [0.15, 0.2) is 24.3 Å². The molecule has 0 radical (unpaired) electrons. The van der Waals surface area contributed by atoms with E-state index in [1.54, 1.807) is 0 Å². The zero-order valence-electron chi connectivity index (χ0n) is 13.2. The Kier molecular flexibility index (Phi) is 6.44. The summed E-state index contributed by atoms with van der Waals surface area (Å²) >= 11 is 2.17. The molecule has 1 aliphatic rings. The third-order valence-electron chi connectivity index (χ3n) is 4.66. The highest BCUT2D eigenvalue weighted by molar-refractivity contribution is 7.99. The molecule has 1 fully saturated rings. The molecule has 0 bridgehead atoms. The van der Waals surface area contributed by atoms with Gasteiger partial charge in [-0.05, 0) is 49.8 Å². The van der Waals surface area contributed by atoms with E-state index < -0.39 is 0 Å². The molecule has 1 saturated carbocycles. The summed E-state index contributed by atoms with van der Waals surface area (Å²) in [7, 11) is 0. The van der Waals surface area contributed by atoms with Gasteiger partial charge in [0.05, 0.1) is 0 Å². The lowest BCUT2D eigenvalue weighted by atomic mass is 9.84. The molecular formula is C18H29NS. The fourth-order valence-corrected chi connectivity index (χ4v) is 4.82. The molecule has 20 heavy (non-hydrogen) atoms. The minimum Gasteiger partial charge on any atom is -0.313 e. The summed E-state index contributed by atoms with van der Waals surface area (Å²) in [6.45, 7) is 7.91. The van der Waals surface area contributed by atoms with Gasteiger partial charge in [-0.15, -0.1) is 0 Å². The fraction of sp³-hybridized carbons (Fsp3) is 0.667. The van der Waals surface area contributed by atoms with Crippen molar-refractivity contribution < 1.29 is 0 Å². The number of hydrogen-bond donors (Lipinski definition) is 1. The highest BCUT2D eigenvalue weighted by Crippen LogP contribution is 2.35. The topological polar surface area (TPSA) is 12.0 Å². The van der Waals surface area contributed by atoms with Gasteiger partial charge < -0.3 is 5.32 Å². The molecule has 0 aliphatic heterocycles. The largest absolute Gasteiger partial charge is 0.313 e. The number of aryl methyl sites for hydroxylation is 1.